The first kappa shape index (κ1) is 20.6. The van der Waals surface area contributed by atoms with Crippen LogP contribution in [0.2, 0.25) is 0 Å². The molecule has 0 spiro atoms. The molecule has 1 aliphatic heterocycles. The van der Waals surface area contributed by atoms with Crippen molar-refractivity contribution in [2.75, 3.05) is 13.1 Å². The van der Waals surface area contributed by atoms with Gasteiger partial charge in [0.1, 0.15) is 11.6 Å². The van der Waals surface area contributed by atoms with Crippen LogP contribution in [0.15, 0.2) is 59.3 Å². The molecule has 164 valence electrons. The first-order chi connectivity index (χ1) is 15.5. The molecule has 2 aromatic carbocycles. The van der Waals surface area contributed by atoms with Crippen LogP contribution in [0.3, 0.4) is 0 Å². The van der Waals surface area contributed by atoms with Gasteiger partial charge >= 0.3 is 0 Å². The number of likely N-dealkylation sites (tertiary alicyclic amines) is 1. The molecule has 2 aromatic heterocycles. The summed E-state index contributed by atoms with van der Waals surface area (Å²) in [7, 11) is 0. The SMILES string of the molecule is Cc1noc(C)c1-c1c(CN2CCC(O)C2)cnn1-c1ccc(-c2ccc(F)cc2)cc1. The molecule has 3 heterocycles. The molecule has 0 amide bonds. The van der Waals surface area contributed by atoms with Crippen molar-refractivity contribution in [3.63, 3.8) is 0 Å². The fourth-order valence-corrected chi connectivity index (χ4v) is 4.42. The molecule has 0 aliphatic carbocycles. The standard InChI is InChI=1S/C25H25FN4O2/c1-16-24(17(2)32-28-16)25-20(14-29-12-11-23(31)15-29)13-27-30(25)22-9-5-19(6-10-22)18-3-7-21(26)8-4-18/h3-10,13,23,31H,11-12,14-15H2,1-2H3. The third kappa shape index (κ3) is 3.85. The lowest BCUT2D eigenvalue weighted by Gasteiger charge is -2.16. The van der Waals surface area contributed by atoms with Crippen LogP contribution < -0.4 is 0 Å². The molecule has 5 rings (SSSR count). The molecule has 1 unspecified atom stereocenters. The summed E-state index contributed by atoms with van der Waals surface area (Å²) in [6.07, 6.45) is 2.41. The van der Waals surface area contributed by atoms with Crippen molar-refractivity contribution < 1.29 is 14.0 Å². The van der Waals surface area contributed by atoms with Crippen LogP contribution >= 0.6 is 0 Å². The summed E-state index contributed by atoms with van der Waals surface area (Å²) in [5.41, 5.74) is 6.66. The highest BCUT2D eigenvalue weighted by Crippen LogP contribution is 2.33. The minimum atomic E-state index is -0.272. The molecule has 0 radical (unpaired) electrons. The zero-order valence-electron chi connectivity index (χ0n) is 18.1. The quantitative estimate of drug-likeness (QED) is 0.502. The number of nitrogens with zero attached hydrogens (tertiary/aromatic N) is 4. The normalized spacial score (nSPS) is 16.7. The summed E-state index contributed by atoms with van der Waals surface area (Å²) in [5, 5.41) is 18.8. The Morgan fingerprint density at radius 1 is 1.06 bits per heavy atom. The second-order valence-electron chi connectivity index (χ2n) is 8.36. The fourth-order valence-electron chi connectivity index (χ4n) is 4.42. The number of halogens is 1. The minimum Gasteiger partial charge on any atom is -0.392 e. The average Bonchev–Trinajstić information content (AvgIpc) is 3.48. The fraction of sp³-hybridized carbons (Fsp3) is 0.280. The van der Waals surface area contributed by atoms with E-state index in [2.05, 4.69) is 10.1 Å². The molecule has 32 heavy (non-hydrogen) atoms. The van der Waals surface area contributed by atoms with E-state index >= 15 is 0 Å². The second kappa shape index (κ2) is 8.33. The van der Waals surface area contributed by atoms with Gasteiger partial charge in [0.2, 0.25) is 0 Å². The molecule has 1 saturated heterocycles. The maximum atomic E-state index is 13.3. The van der Waals surface area contributed by atoms with Gasteiger partial charge in [0.25, 0.3) is 0 Å². The topological polar surface area (TPSA) is 67.3 Å². The summed E-state index contributed by atoms with van der Waals surface area (Å²) < 4.78 is 20.6. The van der Waals surface area contributed by atoms with E-state index in [0.29, 0.717) is 13.1 Å². The smallest absolute Gasteiger partial charge is 0.143 e. The second-order valence-corrected chi connectivity index (χ2v) is 8.36. The van der Waals surface area contributed by atoms with Gasteiger partial charge in [-0.25, -0.2) is 9.07 Å². The summed E-state index contributed by atoms with van der Waals surface area (Å²) in [6.45, 7) is 6.07. The molecule has 1 N–H and O–H groups in total. The summed E-state index contributed by atoms with van der Waals surface area (Å²) in [5.74, 6) is 0.499. The van der Waals surface area contributed by atoms with Gasteiger partial charge in [-0.2, -0.15) is 5.10 Å². The molecule has 6 nitrogen and oxygen atoms in total. The number of rotatable bonds is 5. The Balaban J connectivity index is 1.54. The molecular formula is C25H25FN4O2. The van der Waals surface area contributed by atoms with Crippen LogP contribution in [-0.4, -0.2) is 44.1 Å². The predicted octanol–water partition coefficient (Wildman–Crippen LogP) is 4.52. The van der Waals surface area contributed by atoms with Crippen molar-refractivity contribution in [1.82, 2.24) is 19.8 Å². The average molecular weight is 432 g/mol. The Hall–Kier alpha value is -3.29. The molecule has 1 aliphatic rings. The highest BCUT2D eigenvalue weighted by Gasteiger charge is 2.26. The molecule has 0 bridgehead atoms. The van der Waals surface area contributed by atoms with Crippen molar-refractivity contribution in [2.45, 2.75) is 32.9 Å². The zero-order chi connectivity index (χ0) is 22.2. The van der Waals surface area contributed by atoms with Crippen LogP contribution in [-0.2, 0) is 6.54 Å². The number of hydrogen-bond donors (Lipinski definition) is 1. The van der Waals surface area contributed by atoms with Crippen molar-refractivity contribution in [2.24, 2.45) is 0 Å². The molecule has 1 atom stereocenters. The molecular weight excluding hydrogens is 407 g/mol. The molecule has 7 heteroatoms. The lowest BCUT2D eigenvalue weighted by Crippen LogP contribution is -2.21. The maximum absolute atomic E-state index is 13.3. The molecule has 0 saturated carbocycles. The number of aromatic nitrogens is 3. The van der Waals surface area contributed by atoms with Crippen LogP contribution in [0.4, 0.5) is 4.39 Å². The predicted molar refractivity (Wildman–Crippen MR) is 120 cm³/mol. The van der Waals surface area contributed by atoms with Crippen LogP contribution in [0.25, 0.3) is 28.1 Å². The number of benzene rings is 2. The van der Waals surface area contributed by atoms with Gasteiger partial charge in [-0.05, 0) is 55.7 Å². The van der Waals surface area contributed by atoms with Gasteiger partial charge in [-0.3, -0.25) is 4.90 Å². The van der Waals surface area contributed by atoms with Crippen molar-refractivity contribution in [3.8, 4) is 28.1 Å². The van der Waals surface area contributed by atoms with E-state index in [1.807, 2.05) is 49.0 Å². The van der Waals surface area contributed by atoms with E-state index < -0.39 is 0 Å². The Morgan fingerprint density at radius 2 is 1.75 bits per heavy atom. The van der Waals surface area contributed by atoms with Crippen molar-refractivity contribution in [1.29, 1.82) is 0 Å². The Bertz CT molecular complexity index is 1210. The first-order valence-electron chi connectivity index (χ1n) is 10.8. The Kier molecular flexibility index (Phi) is 5.36. The highest BCUT2D eigenvalue weighted by molar-refractivity contribution is 5.70. The lowest BCUT2D eigenvalue weighted by atomic mass is 10.0. The van der Waals surface area contributed by atoms with Crippen molar-refractivity contribution in [3.05, 3.63) is 77.6 Å². The van der Waals surface area contributed by atoms with Crippen molar-refractivity contribution >= 4 is 0 Å². The molecule has 4 aromatic rings. The van der Waals surface area contributed by atoms with E-state index in [4.69, 9.17) is 9.62 Å². The van der Waals surface area contributed by atoms with E-state index in [1.165, 1.54) is 12.1 Å². The number of aliphatic hydroxyl groups excluding tert-OH is 1. The third-order valence-electron chi connectivity index (χ3n) is 6.05. The Labute approximate surface area is 185 Å². The van der Waals surface area contributed by atoms with E-state index in [-0.39, 0.29) is 11.9 Å². The monoisotopic (exact) mass is 432 g/mol. The van der Waals surface area contributed by atoms with Gasteiger partial charge < -0.3 is 9.63 Å². The van der Waals surface area contributed by atoms with Gasteiger partial charge in [0, 0.05) is 25.2 Å². The Morgan fingerprint density at radius 3 is 2.34 bits per heavy atom. The zero-order valence-corrected chi connectivity index (χ0v) is 18.1. The number of aryl methyl sites for hydroxylation is 2. The van der Waals surface area contributed by atoms with Crippen LogP contribution in [0, 0.1) is 19.7 Å². The largest absolute Gasteiger partial charge is 0.392 e. The summed E-state index contributed by atoms with van der Waals surface area (Å²) in [4.78, 5) is 2.24. The van der Waals surface area contributed by atoms with E-state index in [9.17, 15) is 9.50 Å². The third-order valence-corrected chi connectivity index (χ3v) is 6.05. The number of β-amino-alcohol motifs (C(OH)–C–C–N with tert-alkyl or cyclic N) is 1. The lowest BCUT2D eigenvalue weighted by molar-refractivity contribution is 0.175. The number of aliphatic hydroxyl groups is 1. The maximum Gasteiger partial charge on any atom is 0.143 e. The van der Waals surface area contributed by atoms with Gasteiger partial charge in [0.05, 0.1) is 34.9 Å². The van der Waals surface area contributed by atoms with E-state index in [0.717, 1.165) is 58.1 Å². The van der Waals surface area contributed by atoms with Gasteiger partial charge in [-0.15, -0.1) is 0 Å². The first-order valence-corrected chi connectivity index (χ1v) is 10.8. The van der Waals surface area contributed by atoms with Crippen LogP contribution in [0.1, 0.15) is 23.4 Å². The minimum absolute atomic E-state index is 0.246. The van der Waals surface area contributed by atoms with Crippen LogP contribution in [0.5, 0.6) is 0 Å². The van der Waals surface area contributed by atoms with E-state index in [1.54, 1.807) is 12.1 Å². The molecule has 1 fully saturated rings. The van der Waals surface area contributed by atoms with Gasteiger partial charge in [-0.1, -0.05) is 29.4 Å². The number of hydrogen-bond acceptors (Lipinski definition) is 5. The summed E-state index contributed by atoms with van der Waals surface area (Å²) in [6, 6.07) is 14.5. The summed E-state index contributed by atoms with van der Waals surface area (Å²) >= 11 is 0. The van der Waals surface area contributed by atoms with Gasteiger partial charge in [0.15, 0.2) is 0 Å². The highest BCUT2D eigenvalue weighted by atomic mass is 19.1.